The third kappa shape index (κ3) is 3.12. The minimum absolute atomic E-state index is 0.211. The largest absolute Gasteiger partial charge is 0.343 e. The lowest BCUT2D eigenvalue weighted by molar-refractivity contribution is 0.713. The number of thiophene rings is 1. The van der Waals surface area contributed by atoms with Crippen molar-refractivity contribution in [1.82, 2.24) is 19.1 Å². The molecule has 0 fully saturated rings. The maximum Gasteiger partial charge on any atom is 0.334 e. The molecule has 0 saturated heterocycles. The van der Waals surface area contributed by atoms with Crippen LogP contribution in [0.2, 0.25) is 0 Å². The van der Waals surface area contributed by atoms with E-state index in [1.165, 1.54) is 15.9 Å². The molecule has 4 aromatic heterocycles. The van der Waals surface area contributed by atoms with Crippen LogP contribution in [0.3, 0.4) is 0 Å². The van der Waals surface area contributed by atoms with E-state index in [-0.39, 0.29) is 11.2 Å². The molecule has 1 aliphatic rings. The summed E-state index contributed by atoms with van der Waals surface area (Å²) in [5.41, 5.74) is 3.31. The van der Waals surface area contributed by atoms with E-state index in [1.54, 1.807) is 17.5 Å². The van der Waals surface area contributed by atoms with Gasteiger partial charge in [0.05, 0.1) is 11.1 Å². The number of nitrogens with zero attached hydrogens (tertiary/aromatic N) is 3. The summed E-state index contributed by atoms with van der Waals surface area (Å²) in [6.07, 6.45) is 11.0. The summed E-state index contributed by atoms with van der Waals surface area (Å²) in [6.45, 7) is 0.713. The number of nitrogens with one attached hydrogen (secondary N) is 1. The number of benzene rings is 1. The van der Waals surface area contributed by atoms with Crippen LogP contribution in [0.25, 0.3) is 26.8 Å². The monoisotopic (exact) mass is 442 g/mol. The van der Waals surface area contributed by atoms with Crippen molar-refractivity contribution in [3.05, 3.63) is 91.8 Å². The second-order valence-electron chi connectivity index (χ2n) is 8.39. The van der Waals surface area contributed by atoms with Crippen molar-refractivity contribution < 1.29 is 0 Å². The molecule has 0 radical (unpaired) electrons. The second kappa shape index (κ2) is 7.60. The fourth-order valence-electron chi connectivity index (χ4n) is 4.80. The first-order valence-electron chi connectivity index (χ1n) is 11.0. The Bertz CT molecular complexity index is 1570. The van der Waals surface area contributed by atoms with Crippen molar-refractivity contribution in [2.75, 3.05) is 0 Å². The Morgan fingerprint density at radius 1 is 1.06 bits per heavy atom. The maximum absolute atomic E-state index is 13.5. The number of aromatic nitrogens is 4. The fourth-order valence-corrected chi connectivity index (χ4v) is 6.07. The Kier molecular flexibility index (Phi) is 4.57. The minimum atomic E-state index is -0.381. The quantitative estimate of drug-likeness (QED) is 0.421. The highest BCUT2D eigenvalue weighted by atomic mass is 32.1. The molecule has 160 valence electrons. The molecule has 6 nitrogen and oxygen atoms in total. The lowest BCUT2D eigenvalue weighted by Crippen LogP contribution is -2.33. The molecular weight excluding hydrogens is 420 g/mol. The molecule has 0 spiro atoms. The van der Waals surface area contributed by atoms with Crippen molar-refractivity contribution >= 4 is 32.5 Å². The smallest absolute Gasteiger partial charge is 0.334 e. The topological polar surface area (TPSA) is 72.7 Å². The minimum Gasteiger partial charge on any atom is -0.343 e. The summed E-state index contributed by atoms with van der Waals surface area (Å²) in [5.74, 6) is 0. The highest BCUT2D eigenvalue weighted by Gasteiger charge is 2.20. The summed E-state index contributed by atoms with van der Waals surface area (Å²) in [4.78, 5) is 35.6. The molecule has 7 heteroatoms. The molecule has 0 bridgehead atoms. The summed E-state index contributed by atoms with van der Waals surface area (Å²) >= 11 is 1.57. The molecule has 1 aliphatic carbocycles. The van der Waals surface area contributed by atoms with Gasteiger partial charge < -0.3 is 4.57 Å². The number of rotatable bonds is 3. The van der Waals surface area contributed by atoms with E-state index < -0.39 is 0 Å². The summed E-state index contributed by atoms with van der Waals surface area (Å²) in [6, 6.07) is 11.7. The van der Waals surface area contributed by atoms with Gasteiger partial charge in [0.2, 0.25) is 0 Å². The van der Waals surface area contributed by atoms with Crippen LogP contribution in [0.15, 0.2) is 64.6 Å². The predicted octanol–water partition coefficient (Wildman–Crippen LogP) is 4.41. The van der Waals surface area contributed by atoms with Gasteiger partial charge in [0.25, 0.3) is 5.56 Å². The van der Waals surface area contributed by atoms with Crippen LogP contribution in [0.4, 0.5) is 0 Å². The van der Waals surface area contributed by atoms with Gasteiger partial charge >= 0.3 is 5.69 Å². The number of aryl methyl sites for hydroxylation is 2. The Morgan fingerprint density at radius 3 is 2.84 bits per heavy atom. The molecule has 6 rings (SSSR count). The van der Waals surface area contributed by atoms with Crippen LogP contribution in [0.5, 0.6) is 0 Å². The molecule has 0 saturated carbocycles. The SMILES string of the molecule is O=c1[nH]c2sc3c(c2c(=O)n1-c1ccc2c(ccn2Cc2cccnc2)c1)CCCCC3. The van der Waals surface area contributed by atoms with E-state index in [0.717, 1.165) is 47.7 Å². The first-order valence-corrected chi connectivity index (χ1v) is 11.8. The summed E-state index contributed by atoms with van der Waals surface area (Å²) < 4.78 is 3.43. The zero-order valence-electron chi connectivity index (χ0n) is 17.5. The molecule has 4 heterocycles. The molecule has 0 unspecified atom stereocenters. The lowest BCUT2D eigenvalue weighted by atomic mass is 10.1. The van der Waals surface area contributed by atoms with Crippen LogP contribution in [0, 0.1) is 0 Å². The van der Waals surface area contributed by atoms with Crippen molar-refractivity contribution in [3.63, 3.8) is 0 Å². The number of fused-ring (bicyclic) bond motifs is 4. The van der Waals surface area contributed by atoms with Gasteiger partial charge in [-0.1, -0.05) is 12.5 Å². The van der Waals surface area contributed by atoms with Crippen LogP contribution in [-0.4, -0.2) is 19.1 Å². The highest BCUT2D eigenvalue weighted by Crippen LogP contribution is 2.32. The Balaban J connectivity index is 1.47. The van der Waals surface area contributed by atoms with Crippen LogP contribution in [-0.2, 0) is 19.4 Å². The number of hydrogen-bond acceptors (Lipinski definition) is 4. The second-order valence-corrected chi connectivity index (χ2v) is 9.49. The van der Waals surface area contributed by atoms with Gasteiger partial charge in [0.15, 0.2) is 0 Å². The van der Waals surface area contributed by atoms with Gasteiger partial charge in [0, 0.05) is 40.9 Å². The number of pyridine rings is 1. The highest BCUT2D eigenvalue weighted by molar-refractivity contribution is 7.18. The third-order valence-corrected chi connectivity index (χ3v) is 7.56. The zero-order valence-corrected chi connectivity index (χ0v) is 18.3. The average Bonchev–Trinajstić information content (AvgIpc) is 3.27. The molecule has 5 aromatic rings. The van der Waals surface area contributed by atoms with Gasteiger partial charge in [-0.15, -0.1) is 11.3 Å². The van der Waals surface area contributed by atoms with Gasteiger partial charge in [0.1, 0.15) is 4.83 Å². The Morgan fingerprint density at radius 2 is 1.97 bits per heavy atom. The molecule has 0 atom stereocenters. The summed E-state index contributed by atoms with van der Waals surface area (Å²) in [7, 11) is 0. The average molecular weight is 443 g/mol. The van der Waals surface area contributed by atoms with E-state index in [2.05, 4.69) is 14.5 Å². The standard InChI is InChI=1S/C25H22N4O2S/c30-24-22-19-6-2-1-3-7-21(19)32-23(22)27-25(31)29(24)18-8-9-20-17(13-18)10-12-28(20)15-16-5-4-11-26-14-16/h4-5,8-14H,1-3,6-7,15H2,(H,27,31). The molecular formula is C25H22N4O2S. The molecule has 1 aromatic carbocycles. The fraction of sp³-hybridized carbons (Fsp3) is 0.240. The van der Waals surface area contributed by atoms with E-state index in [1.807, 2.05) is 48.8 Å². The van der Waals surface area contributed by atoms with Gasteiger partial charge in [-0.3, -0.25) is 14.8 Å². The maximum atomic E-state index is 13.5. The van der Waals surface area contributed by atoms with E-state index in [9.17, 15) is 9.59 Å². The molecule has 0 aliphatic heterocycles. The zero-order chi connectivity index (χ0) is 21.7. The van der Waals surface area contributed by atoms with Crippen molar-refractivity contribution in [2.45, 2.75) is 38.6 Å². The Hall–Kier alpha value is -3.45. The first kappa shape index (κ1) is 19.3. The number of aromatic amines is 1. The first-order chi connectivity index (χ1) is 15.7. The number of hydrogen-bond donors (Lipinski definition) is 1. The molecule has 32 heavy (non-hydrogen) atoms. The number of H-pyrrole nitrogens is 1. The summed E-state index contributed by atoms with van der Waals surface area (Å²) in [5, 5.41) is 1.68. The van der Waals surface area contributed by atoms with E-state index in [0.29, 0.717) is 22.4 Å². The van der Waals surface area contributed by atoms with Crippen molar-refractivity contribution in [1.29, 1.82) is 0 Å². The van der Waals surface area contributed by atoms with E-state index >= 15 is 0 Å². The van der Waals surface area contributed by atoms with Crippen LogP contribution in [0.1, 0.15) is 35.3 Å². The van der Waals surface area contributed by atoms with Crippen LogP contribution >= 0.6 is 11.3 Å². The van der Waals surface area contributed by atoms with Gasteiger partial charge in [-0.2, -0.15) is 0 Å². The third-order valence-electron chi connectivity index (χ3n) is 6.35. The van der Waals surface area contributed by atoms with Crippen LogP contribution < -0.4 is 11.2 Å². The van der Waals surface area contributed by atoms with Gasteiger partial charge in [-0.05, 0) is 67.1 Å². The van der Waals surface area contributed by atoms with E-state index in [4.69, 9.17) is 0 Å². The molecule has 0 amide bonds. The lowest BCUT2D eigenvalue weighted by Gasteiger charge is -2.08. The van der Waals surface area contributed by atoms with Crippen molar-refractivity contribution in [3.8, 4) is 5.69 Å². The van der Waals surface area contributed by atoms with Gasteiger partial charge in [-0.25, -0.2) is 9.36 Å². The Labute approximate surface area is 187 Å². The normalized spacial score (nSPS) is 14.0. The predicted molar refractivity (Wildman–Crippen MR) is 128 cm³/mol. The van der Waals surface area contributed by atoms with Crippen molar-refractivity contribution in [2.24, 2.45) is 0 Å². The molecule has 1 N–H and O–H groups in total.